The van der Waals surface area contributed by atoms with Gasteiger partial charge in [-0.2, -0.15) is 0 Å². The summed E-state index contributed by atoms with van der Waals surface area (Å²) in [6, 6.07) is 6.71. The van der Waals surface area contributed by atoms with Gasteiger partial charge in [0, 0.05) is 61.9 Å². The summed E-state index contributed by atoms with van der Waals surface area (Å²) in [5.41, 5.74) is -0.495. The molecule has 0 saturated heterocycles. The van der Waals surface area contributed by atoms with E-state index in [-0.39, 0.29) is 107 Å². The maximum absolute atomic E-state index is 12.8. The first-order valence-electron chi connectivity index (χ1n) is 13.4. The van der Waals surface area contributed by atoms with Crippen molar-refractivity contribution in [2.45, 2.75) is 41.7 Å². The van der Waals surface area contributed by atoms with Gasteiger partial charge in [-0.25, -0.2) is 21.6 Å². The van der Waals surface area contributed by atoms with Gasteiger partial charge in [-0.3, -0.25) is 19.3 Å². The van der Waals surface area contributed by atoms with E-state index in [2.05, 4.69) is 5.32 Å². The Kier molecular flexibility index (Phi) is 14.9. The van der Waals surface area contributed by atoms with Crippen molar-refractivity contribution < 1.29 is 104 Å². The number of thiophene rings is 1. The summed E-state index contributed by atoms with van der Waals surface area (Å²) >= 11 is 0.203. The molecule has 0 atom stereocenters. The minimum Gasteiger partial charge on any atom is -0.744 e. The van der Waals surface area contributed by atoms with Gasteiger partial charge in [0.2, 0.25) is 5.91 Å². The Bertz CT molecular complexity index is 1910. The minimum absolute atomic E-state index is 0. The summed E-state index contributed by atoms with van der Waals surface area (Å²) in [4.78, 5) is 49.6. The third-order valence-corrected chi connectivity index (χ3v) is 10.2. The van der Waals surface area contributed by atoms with Crippen LogP contribution in [0.15, 0.2) is 60.8 Å². The second-order valence-electron chi connectivity index (χ2n) is 9.74. The second-order valence-corrected chi connectivity index (χ2v) is 13.7. The van der Waals surface area contributed by atoms with Crippen LogP contribution in [0.25, 0.3) is 21.4 Å². The van der Waals surface area contributed by atoms with Gasteiger partial charge >= 0.3 is 64.7 Å². The van der Waals surface area contributed by atoms with Crippen LogP contribution in [0.3, 0.4) is 0 Å². The number of hydrogen-bond donors (Lipinski definition) is 1. The number of carbonyl (C=O) groups is 3. The number of fused-ring (bicyclic) bond motifs is 1. The molecule has 1 N–H and O–H groups in total. The summed E-state index contributed by atoms with van der Waals surface area (Å²) in [6.45, 7) is 3.47. The van der Waals surface area contributed by atoms with E-state index in [1.165, 1.54) is 18.2 Å². The quantitative estimate of drug-likeness (QED) is 0.0554. The van der Waals surface area contributed by atoms with Gasteiger partial charge in [0.15, 0.2) is 0 Å². The van der Waals surface area contributed by atoms with E-state index in [1.807, 2.05) is 11.8 Å². The molecule has 14 nitrogen and oxygen atoms in total. The molecule has 0 unspecified atom stereocenters. The summed E-state index contributed by atoms with van der Waals surface area (Å²) in [7, 11) is -10.3. The van der Waals surface area contributed by atoms with Crippen molar-refractivity contribution >= 4 is 66.0 Å². The molecule has 0 spiro atoms. The van der Waals surface area contributed by atoms with Gasteiger partial charge in [0.05, 0.1) is 15.3 Å². The maximum Gasteiger partial charge on any atom is 1.00 e. The van der Waals surface area contributed by atoms with Crippen molar-refractivity contribution in [1.29, 1.82) is 0 Å². The number of imide groups is 1. The van der Waals surface area contributed by atoms with Crippen molar-refractivity contribution in [3.05, 3.63) is 52.9 Å². The number of unbranched alkanes of at least 4 members (excludes halogenated alkanes) is 2. The largest absolute Gasteiger partial charge is 1.00 e. The van der Waals surface area contributed by atoms with Gasteiger partial charge in [0.1, 0.15) is 30.0 Å². The normalized spacial score (nSPS) is 13.1. The van der Waals surface area contributed by atoms with Gasteiger partial charge in [0.25, 0.3) is 11.8 Å². The molecular formula is C27H27N3Na2O11S3. The van der Waals surface area contributed by atoms with Crippen molar-refractivity contribution in [2.24, 2.45) is 0 Å². The van der Waals surface area contributed by atoms with Crippen LogP contribution in [0.1, 0.15) is 32.6 Å². The first kappa shape index (κ1) is 40.3. The van der Waals surface area contributed by atoms with E-state index in [0.29, 0.717) is 31.0 Å². The molecule has 0 radical (unpaired) electrons. The van der Waals surface area contributed by atoms with Crippen LogP contribution < -0.4 is 75.0 Å². The summed E-state index contributed by atoms with van der Waals surface area (Å²) in [5.74, 6) is -0.978. The average molecular weight is 712 g/mol. The molecule has 46 heavy (non-hydrogen) atoms. The van der Waals surface area contributed by atoms with Crippen molar-refractivity contribution in [3.8, 4) is 10.4 Å². The van der Waals surface area contributed by atoms with Crippen LogP contribution in [0.2, 0.25) is 0 Å². The van der Waals surface area contributed by atoms with Crippen molar-refractivity contribution in [1.82, 2.24) is 10.2 Å². The predicted molar refractivity (Wildman–Crippen MR) is 157 cm³/mol. The topological polar surface area (TPSA) is 214 Å². The van der Waals surface area contributed by atoms with Crippen LogP contribution in [-0.4, -0.2) is 74.7 Å². The van der Waals surface area contributed by atoms with Gasteiger partial charge in [-0.05, 0) is 44.0 Å². The monoisotopic (exact) mass is 711 g/mol. The zero-order chi connectivity index (χ0) is 32.2. The molecule has 19 heteroatoms. The molecule has 3 aromatic rings. The number of carbonyl (C=O) groups excluding carboxylic acids is 3. The fourth-order valence-electron chi connectivity index (χ4n) is 4.59. The zero-order valence-electron chi connectivity index (χ0n) is 25.3. The standard InChI is InChI=1S/C27H29N3O11S3.2Na/c1-2-29(12-5-3-4-6-22(31)28-11-13-30-23(32)9-10-24(30)33)18-8-7-17-14-19(27(34)41-20(17)15-18)26-21(43(35,36)37)16-25(42-26)44(38,39)40;;/h7-10,14-16H,2-6,11-13H2,1H3,(H,28,31)(H,35,36,37)(H,38,39,40);;/q;2*+1/p-2. The summed E-state index contributed by atoms with van der Waals surface area (Å²) in [5, 5.41) is 3.07. The van der Waals surface area contributed by atoms with Crippen molar-refractivity contribution in [3.63, 3.8) is 0 Å². The molecule has 0 aliphatic carbocycles. The third-order valence-electron chi connectivity index (χ3n) is 6.79. The van der Waals surface area contributed by atoms with Crippen LogP contribution in [0.4, 0.5) is 5.69 Å². The van der Waals surface area contributed by atoms with E-state index in [0.717, 1.165) is 23.4 Å². The van der Waals surface area contributed by atoms with E-state index in [9.17, 15) is 45.1 Å². The van der Waals surface area contributed by atoms with Crippen molar-refractivity contribution in [2.75, 3.05) is 31.1 Å². The first-order valence-corrected chi connectivity index (χ1v) is 17.0. The number of anilines is 1. The van der Waals surface area contributed by atoms with E-state index in [4.69, 9.17) is 4.42 Å². The Morgan fingerprint density at radius 3 is 2.24 bits per heavy atom. The summed E-state index contributed by atoms with van der Waals surface area (Å²) < 4.78 is 74.0. The van der Waals surface area contributed by atoms with E-state index >= 15 is 0 Å². The fraction of sp³-hybridized carbons (Fsp3) is 0.333. The predicted octanol–water partition coefficient (Wildman–Crippen LogP) is -4.23. The molecular weight excluding hydrogens is 684 g/mol. The Morgan fingerprint density at radius 1 is 0.957 bits per heavy atom. The smallest absolute Gasteiger partial charge is 0.744 e. The molecule has 4 rings (SSSR count). The second kappa shape index (κ2) is 17.0. The fourth-order valence-corrected chi connectivity index (χ4v) is 7.48. The molecule has 0 bridgehead atoms. The molecule has 1 aliphatic rings. The van der Waals surface area contributed by atoms with Gasteiger partial charge in [-0.1, -0.05) is 6.42 Å². The number of nitrogens with one attached hydrogen (secondary N) is 1. The van der Waals surface area contributed by atoms with Crippen LogP contribution in [0, 0.1) is 0 Å². The Labute approximate surface area is 313 Å². The zero-order valence-corrected chi connectivity index (χ0v) is 31.8. The molecule has 2 aromatic heterocycles. The molecule has 3 amide bonds. The number of nitrogens with zero attached hydrogens (tertiary/aromatic N) is 2. The average Bonchev–Trinajstić information content (AvgIpc) is 3.54. The van der Waals surface area contributed by atoms with E-state index < -0.39 is 51.7 Å². The number of benzene rings is 1. The maximum atomic E-state index is 12.8. The van der Waals surface area contributed by atoms with Gasteiger partial charge < -0.3 is 23.7 Å². The molecule has 1 aromatic carbocycles. The molecule has 0 saturated carbocycles. The Morgan fingerprint density at radius 2 is 1.63 bits per heavy atom. The summed E-state index contributed by atoms with van der Waals surface area (Å²) in [6.07, 6.45) is 4.79. The number of amides is 3. The molecule has 1 aliphatic heterocycles. The van der Waals surface area contributed by atoms with Crippen LogP contribution in [-0.2, 0) is 34.6 Å². The molecule has 236 valence electrons. The molecule has 3 heterocycles. The SMILES string of the molecule is CCN(CCCCCC(=O)NCCN1C(=O)C=CC1=O)c1ccc2cc(-c3sc(S(=O)(=O)[O-])cc3S(=O)(=O)[O-])c(=O)oc2c1.[Na+].[Na+]. The van der Waals surface area contributed by atoms with Crippen LogP contribution in [0.5, 0.6) is 0 Å². The number of hydrogen-bond acceptors (Lipinski definition) is 13. The van der Waals surface area contributed by atoms with Crippen LogP contribution >= 0.6 is 11.3 Å². The molecule has 0 fully saturated rings. The third kappa shape index (κ3) is 10.1. The van der Waals surface area contributed by atoms with E-state index in [1.54, 1.807) is 18.2 Å². The first-order chi connectivity index (χ1) is 20.7. The number of rotatable bonds is 14. The Hall–Kier alpha value is -1.90. The van der Waals surface area contributed by atoms with Gasteiger partial charge in [-0.15, -0.1) is 11.3 Å². The minimum atomic E-state index is -5.22. The Balaban J connectivity index is 0.00000368.